The van der Waals surface area contributed by atoms with Gasteiger partial charge in [-0.3, -0.25) is 14.7 Å². The number of likely N-dealkylation sites (tertiary alicyclic amines) is 4. The summed E-state index contributed by atoms with van der Waals surface area (Å²) in [5, 5.41) is 20.4. The molecule has 4 fully saturated rings. The van der Waals surface area contributed by atoms with Crippen LogP contribution in [0.2, 0.25) is 0 Å². The van der Waals surface area contributed by atoms with Crippen molar-refractivity contribution in [2.75, 3.05) is 126 Å². The average molecular weight is 1260 g/mol. The summed E-state index contributed by atoms with van der Waals surface area (Å²) in [5.41, 5.74) is 10.9. The van der Waals surface area contributed by atoms with Crippen LogP contribution in [-0.2, 0) is 0 Å². The number of nitrogens with zero attached hydrogens (tertiary/aromatic N) is 5. The second-order valence-corrected chi connectivity index (χ2v) is 31.9. The fraction of sp³-hybridized carbons (Fsp3) is 1.00. The number of halogens is 1. The zero-order chi connectivity index (χ0) is 69.6. The lowest BCUT2D eigenvalue weighted by Crippen LogP contribution is -2.56. The number of nitrogens with one attached hydrogen (secondary N) is 1. The summed E-state index contributed by atoms with van der Waals surface area (Å²) in [6.45, 7) is 74.6. The van der Waals surface area contributed by atoms with Crippen molar-refractivity contribution < 1.29 is 14.6 Å². The lowest BCUT2D eigenvalue weighted by Gasteiger charge is -2.37. The molecular formula is C77H175FN8O2. The van der Waals surface area contributed by atoms with Crippen LogP contribution in [0.15, 0.2) is 0 Å². The zero-order valence-corrected chi connectivity index (χ0v) is 66.2. The van der Waals surface area contributed by atoms with Crippen LogP contribution in [0.5, 0.6) is 0 Å². The Balaban J connectivity index is -0.000000164. The number of aliphatic hydroxyl groups is 2. The van der Waals surface area contributed by atoms with Crippen molar-refractivity contribution in [3.8, 4) is 0 Å². The Labute approximate surface area is 557 Å². The Hall–Kier alpha value is -0.470. The van der Waals surface area contributed by atoms with Gasteiger partial charge in [-0.2, -0.15) is 0 Å². The molecule has 7 N–H and O–H groups in total. The molecule has 11 heteroatoms. The quantitative estimate of drug-likeness (QED) is 0.0429. The largest absolute Gasteiger partial charge is 0.396 e. The highest BCUT2D eigenvalue weighted by Gasteiger charge is 2.26. The highest BCUT2D eigenvalue weighted by atomic mass is 19.1. The van der Waals surface area contributed by atoms with E-state index in [0.717, 1.165) is 117 Å². The van der Waals surface area contributed by atoms with Gasteiger partial charge in [0.1, 0.15) is 6.17 Å². The third-order valence-electron chi connectivity index (χ3n) is 14.2. The minimum Gasteiger partial charge on any atom is -0.396 e. The number of unbranched alkanes of at least 4 members (excludes halogenated alkanes) is 4. The molecule has 4 heterocycles. The van der Waals surface area contributed by atoms with Crippen LogP contribution in [0.1, 0.15) is 289 Å². The predicted molar refractivity (Wildman–Crippen MR) is 401 cm³/mol. The molecule has 0 unspecified atom stereocenters. The third kappa shape index (κ3) is 102. The maximum Gasteiger partial charge on any atom is 0.125 e. The van der Waals surface area contributed by atoms with Crippen molar-refractivity contribution in [2.45, 2.75) is 307 Å². The topological polar surface area (TPSA) is 121 Å². The molecule has 0 saturated carbocycles. The van der Waals surface area contributed by atoms with E-state index >= 15 is 0 Å². The molecule has 4 saturated heterocycles. The predicted octanol–water partition coefficient (Wildman–Crippen LogP) is 18.4. The Bertz CT molecular complexity index is 1160. The molecule has 88 heavy (non-hydrogen) atoms. The van der Waals surface area contributed by atoms with E-state index in [4.69, 9.17) is 21.7 Å². The summed E-state index contributed by atoms with van der Waals surface area (Å²) in [4.78, 5) is 11.5. The van der Waals surface area contributed by atoms with Crippen LogP contribution in [0.25, 0.3) is 0 Å². The van der Waals surface area contributed by atoms with Crippen LogP contribution in [-0.4, -0.2) is 179 Å². The van der Waals surface area contributed by atoms with Crippen molar-refractivity contribution in [2.24, 2.45) is 82.5 Å². The summed E-state index contributed by atoms with van der Waals surface area (Å²) in [5.74, 6) is 9.95. The van der Waals surface area contributed by atoms with E-state index in [9.17, 15) is 4.39 Å². The standard InChI is InChI=1S/C8H19N.C8H18.C7H14FN.C7H16N2.C7H15NO.C7H15N.C7H17N.C7H16O.C7H16.C6H15N.C6H14/c1-8(2)6-4-5-7-9-3;1-7(2)5-6-8(3)4;2*1-6(2)3-9-4-7(8)5-9;1-6(2)3-8-4-7(9)5-8;1-7(2)6-8-4-3-5-8;2*1-7(2)5-3-4-6-8;1-4-5-6-7(2)3;1-6(2)5-7(3)4;1-4-5-6(2)3/h8-9H,4-7H2,1-3H3;7-8H,5-6H2,1-4H3;6-7H,3-5H2,1-2H3;6-7H,3-5,8H2,1-2H3;6-7,9H,3-5H2,1-2H3;7H,3-6H2,1-2H3;7H,3-6,8H2,1-2H3;7-8H,3-6H2,1-2H3;7H,4-6H2,1-3H3;6H,5H2,1-4H3;6H,4-5H2,1-3H3. The van der Waals surface area contributed by atoms with Gasteiger partial charge in [-0.05, 0) is 151 Å². The fourth-order valence-electron chi connectivity index (χ4n) is 9.54. The van der Waals surface area contributed by atoms with Gasteiger partial charge in [0.15, 0.2) is 0 Å². The van der Waals surface area contributed by atoms with Crippen molar-refractivity contribution in [1.29, 1.82) is 0 Å². The molecular weight excluding hydrogens is 1090 g/mol. The van der Waals surface area contributed by atoms with Gasteiger partial charge >= 0.3 is 0 Å². The van der Waals surface area contributed by atoms with E-state index in [1.807, 2.05) is 7.05 Å². The average Bonchev–Trinajstić information content (AvgIpc) is 3.35. The minimum atomic E-state index is -0.538. The summed E-state index contributed by atoms with van der Waals surface area (Å²) in [6.07, 6.45) is 21.8. The lowest BCUT2D eigenvalue weighted by atomic mass is 10.0. The molecule has 10 nitrogen and oxygen atoms in total. The smallest absolute Gasteiger partial charge is 0.125 e. The van der Waals surface area contributed by atoms with E-state index in [-0.39, 0.29) is 6.10 Å². The first kappa shape index (κ1) is 101. The van der Waals surface area contributed by atoms with Gasteiger partial charge < -0.3 is 36.8 Å². The van der Waals surface area contributed by atoms with Crippen molar-refractivity contribution in [3.63, 3.8) is 0 Å². The van der Waals surface area contributed by atoms with Gasteiger partial charge in [0.25, 0.3) is 0 Å². The van der Waals surface area contributed by atoms with Gasteiger partial charge in [0.05, 0.1) is 6.10 Å². The molecule has 0 amide bonds. The van der Waals surface area contributed by atoms with Crippen LogP contribution < -0.4 is 16.8 Å². The van der Waals surface area contributed by atoms with Crippen LogP contribution in [0, 0.1) is 71.0 Å². The Kier molecular flexibility index (Phi) is 83.1. The van der Waals surface area contributed by atoms with E-state index < -0.39 is 6.17 Å². The Morgan fingerprint density at radius 1 is 0.432 bits per heavy atom. The summed E-state index contributed by atoms with van der Waals surface area (Å²) >= 11 is 0. The second-order valence-electron chi connectivity index (χ2n) is 31.9. The first-order valence-corrected chi connectivity index (χ1v) is 37.5. The monoisotopic (exact) mass is 1260 g/mol. The van der Waals surface area contributed by atoms with Crippen molar-refractivity contribution in [3.05, 3.63) is 0 Å². The normalized spacial score (nSPS) is 15.3. The Morgan fingerprint density at radius 2 is 0.773 bits per heavy atom. The molecule has 4 aliphatic rings. The summed E-state index contributed by atoms with van der Waals surface area (Å²) in [7, 11) is 6.20. The number of rotatable bonds is 31. The Morgan fingerprint density at radius 3 is 0.977 bits per heavy atom. The zero-order valence-electron chi connectivity index (χ0n) is 66.2. The SMILES string of the molecule is CC(C)CCC(C)C.CC(C)CCCCN.CC(C)CCCCO.CC(C)CN(C)C.CC(C)CN1CC(F)C1.CC(C)CN1CC(N)C1.CC(C)CN1CC(O)C1.CC(C)CN1CCC1.CCCC(C)C.CCCCC(C)C.CNCCCCC(C)C. The van der Waals surface area contributed by atoms with Crippen molar-refractivity contribution in [1.82, 2.24) is 29.8 Å². The highest BCUT2D eigenvalue weighted by Crippen LogP contribution is 2.14. The van der Waals surface area contributed by atoms with Gasteiger partial charge in [0, 0.05) is 78.1 Å². The van der Waals surface area contributed by atoms with Crippen molar-refractivity contribution >= 4 is 0 Å². The number of nitrogens with two attached hydrogens (primary N) is 2. The van der Waals surface area contributed by atoms with Crippen LogP contribution >= 0.6 is 0 Å². The molecule has 0 aromatic carbocycles. The number of hydrogen-bond acceptors (Lipinski definition) is 10. The molecule has 542 valence electrons. The number of alkyl halides is 1. The molecule has 0 bridgehead atoms. The number of β-amino-alcohol motifs (C(OH)–C–C–N with tert-alkyl or cyclic N) is 1. The first-order chi connectivity index (χ1) is 40.9. The minimum absolute atomic E-state index is 0.0382. The molecule has 0 spiro atoms. The molecule has 4 aliphatic heterocycles. The second kappa shape index (κ2) is 72.4. The van der Waals surface area contributed by atoms with E-state index in [2.05, 4.69) is 224 Å². The summed E-state index contributed by atoms with van der Waals surface area (Å²) in [6, 6.07) is 0.462. The highest BCUT2D eigenvalue weighted by molar-refractivity contribution is 4.83. The van der Waals surface area contributed by atoms with E-state index in [1.54, 1.807) is 0 Å². The maximum absolute atomic E-state index is 12.2. The molecule has 0 aromatic heterocycles. The molecule has 0 atom stereocenters. The molecule has 0 radical (unpaired) electrons. The fourth-order valence-corrected chi connectivity index (χ4v) is 9.54. The van der Waals surface area contributed by atoms with E-state index in [0.29, 0.717) is 31.7 Å². The molecule has 0 aromatic rings. The maximum atomic E-state index is 12.2. The first-order valence-electron chi connectivity index (χ1n) is 37.5. The number of hydrogen-bond donors (Lipinski definition) is 5. The van der Waals surface area contributed by atoms with Crippen LogP contribution in [0.4, 0.5) is 4.39 Å². The van der Waals surface area contributed by atoms with Gasteiger partial charge in [-0.1, -0.05) is 263 Å². The summed E-state index contributed by atoms with van der Waals surface area (Å²) < 4.78 is 12.2. The van der Waals surface area contributed by atoms with Crippen LogP contribution in [0.3, 0.4) is 0 Å². The van der Waals surface area contributed by atoms with Gasteiger partial charge in [0.2, 0.25) is 0 Å². The van der Waals surface area contributed by atoms with E-state index in [1.165, 1.54) is 142 Å². The molecule has 4 rings (SSSR count). The number of aliphatic hydroxyl groups excluding tert-OH is 2. The molecule has 0 aliphatic carbocycles. The lowest BCUT2D eigenvalue weighted by molar-refractivity contribution is -0.00389. The third-order valence-corrected chi connectivity index (χ3v) is 14.2. The van der Waals surface area contributed by atoms with Gasteiger partial charge in [-0.25, -0.2) is 4.39 Å². The van der Waals surface area contributed by atoms with Gasteiger partial charge in [-0.15, -0.1) is 0 Å².